The van der Waals surface area contributed by atoms with Crippen LogP contribution in [0, 0.1) is 27.7 Å². The van der Waals surface area contributed by atoms with E-state index in [0.717, 1.165) is 34.0 Å². The molecule has 0 saturated carbocycles. The molecule has 30 heavy (non-hydrogen) atoms. The Morgan fingerprint density at radius 1 is 1.07 bits per heavy atom. The number of hydrogen-bond acceptors (Lipinski definition) is 4. The molecule has 0 unspecified atom stereocenters. The topological polar surface area (TPSA) is 67.5 Å². The van der Waals surface area contributed by atoms with E-state index in [1.165, 1.54) is 0 Å². The van der Waals surface area contributed by atoms with Crippen molar-refractivity contribution in [2.24, 2.45) is 0 Å². The lowest BCUT2D eigenvalue weighted by atomic mass is 10.1. The minimum Gasteiger partial charge on any atom is -0.467 e. The number of benzene rings is 1. The number of Topliss-reactive ketones (excluding diaryl/α,β-unsaturated/α-hetero) is 1. The van der Waals surface area contributed by atoms with Crippen LogP contribution in [-0.2, 0) is 11.3 Å². The Bertz CT molecular complexity index is 1050. The Balaban J connectivity index is 1.61. The van der Waals surface area contributed by atoms with Gasteiger partial charge in [0.2, 0.25) is 5.91 Å². The average Bonchev–Trinajstić information content (AvgIpc) is 3.29. The van der Waals surface area contributed by atoms with Crippen LogP contribution >= 0.6 is 0 Å². The van der Waals surface area contributed by atoms with Crippen LogP contribution in [0.3, 0.4) is 0 Å². The molecule has 0 bridgehead atoms. The Morgan fingerprint density at radius 2 is 1.83 bits per heavy atom. The summed E-state index contributed by atoms with van der Waals surface area (Å²) in [5.41, 5.74) is 5.57. The zero-order valence-corrected chi connectivity index (χ0v) is 18.3. The van der Waals surface area contributed by atoms with Crippen molar-refractivity contribution in [1.82, 2.24) is 9.47 Å². The number of aromatic nitrogens is 1. The zero-order chi connectivity index (χ0) is 21.8. The lowest BCUT2D eigenvalue weighted by molar-refractivity contribution is -0.116. The van der Waals surface area contributed by atoms with Gasteiger partial charge in [-0.15, -0.1) is 0 Å². The Kier molecular flexibility index (Phi) is 6.57. The van der Waals surface area contributed by atoms with Crippen LogP contribution in [0.15, 0.2) is 47.1 Å². The molecule has 0 fully saturated rings. The summed E-state index contributed by atoms with van der Waals surface area (Å²) in [5, 5.41) is 2.94. The first kappa shape index (κ1) is 21.6. The van der Waals surface area contributed by atoms with Crippen molar-refractivity contribution in [1.29, 1.82) is 0 Å². The van der Waals surface area contributed by atoms with E-state index in [1.807, 2.05) is 64.1 Å². The average molecular weight is 408 g/mol. The molecule has 3 aromatic rings. The van der Waals surface area contributed by atoms with Crippen LogP contribution in [0.1, 0.15) is 38.6 Å². The second-order valence-corrected chi connectivity index (χ2v) is 7.84. The van der Waals surface area contributed by atoms with Gasteiger partial charge in [0.05, 0.1) is 25.9 Å². The molecule has 6 nitrogen and oxygen atoms in total. The summed E-state index contributed by atoms with van der Waals surface area (Å²) in [4.78, 5) is 27.0. The van der Waals surface area contributed by atoms with Gasteiger partial charge in [-0.05, 0) is 70.1 Å². The van der Waals surface area contributed by atoms with Gasteiger partial charge in [0.1, 0.15) is 5.76 Å². The van der Waals surface area contributed by atoms with E-state index in [0.29, 0.717) is 12.1 Å². The highest BCUT2D eigenvalue weighted by atomic mass is 16.3. The molecule has 0 atom stereocenters. The van der Waals surface area contributed by atoms with Gasteiger partial charge in [0.15, 0.2) is 5.78 Å². The highest BCUT2D eigenvalue weighted by molar-refractivity contribution is 5.99. The lowest BCUT2D eigenvalue weighted by Crippen LogP contribution is -2.34. The number of anilines is 1. The fourth-order valence-corrected chi connectivity index (χ4v) is 3.59. The Labute approximate surface area is 177 Å². The third-order valence-corrected chi connectivity index (χ3v) is 5.47. The van der Waals surface area contributed by atoms with Crippen LogP contribution in [0.5, 0.6) is 0 Å². The van der Waals surface area contributed by atoms with Crippen molar-refractivity contribution in [2.75, 3.05) is 25.5 Å². The van der Waals surface area contributed by atoms with Gasteiger partial charge in [0, 0.05) is 22.6 Å². The van der Waals surface area contributed by atoms with E-state index in [1.54, 1.807) is 18.2 Å². The predicted octanol–water partition coefficient (Wildman–Crippen LogP) is 4.12. The fourth-order valence-electron chi connectivity index (χ4n) is 3.59. The highest BCUT2D eigenvalue weighted by Gasteiger charge is 2.19. The molecule has 158 valence electrons. The highest BCUT2D eigenvalue weighted by Crippen LogP contribution is 2.19. The van der Waals surface area contributed by atoms with Crippen molar-refractivity contribution < 1.29 is 14.0 Å². The van der Waals surface area contributed by atoms with E-state index < -0.39 is 0 Å². The molecule has 1 N–H and O–H groups in total. The molecule has 0 radical (unpaired) electrons. The number of hydrogen-bond donors (Lipinski definition) is 1. The molecule has 6 heteroatoms. The summed E-state index contributed by atoms with van der Waals surface area (Å²) in [7, 11) is 1.78. The largest absolute Gasteiger partial charge is 0.467 e. The molecule has 0 aliphatic rings. The summed E-state index contributed by atoms with van der Waals surface area (Å²) < 4.78 is 7.50. The standard InChI is InChI=1S/C24H29N3O3/c1-16-8-6-10-22(18(16)3)25-24(29)15-26(5)14-23(28)21-12-17(2)27(19(21)4)13-20-9-7-11-30-20/h6-12H,13-15H2,1-5H3,(H,25,29). The lowest BCUT2D eigenvalue weighted by Gasteiger charge is -2.17. The summed E-state index contributed by atoms with van der Waals surface area (Å²) in [5.74, 6) is 0.703. The molecular weight excluding hydrogens is 378 g/mol. The van der Waals surface area contributed by atoms with Crippen molar-refractivity contribution in [3.63, 3.8) is 0 Å². The predicted molar refractivity (Wildman–Crippen MR) is 118 cm³/mol. The van der Waals surface area contributed by atoms with Crippen molar-refractivity contribution in [3.05, 3.63) is 76.5 Å². The number of furan rings is 1. The van der Waals surface area contributed by atoms with E-state index in [-0.39, 0.29) is 24.8 Å². The fraction of sp³-hybridized carbons (Fsp3) is 0.333. The second kappa shape index (κ2) is 9.13. The third kappa shape index (κ3) is 4.89. The van der Waals surface area contributed by atoms with Gasteiger partial charge in [-0.25, -0.2) is 0 Å². The van der Waals surface area contributed by atoms with E-state index in [9.17, 15) is 9.59 Å². The summed E-state index contributed by atoms with van der Waals surface area (Å²) in [6, 6.07) is 11.5. The van der Waals surface area contributed by atoms with E-state index in [4.69, 9.17) is 4.42 Å². The zero-order valence-electron chi connectivity index (χ0n) is 18.3. The maximum Gasteiger partial charge on any atom is 0.238 e. The monoisotopic (exact) mass is 407 g/mol. The number of rotatable bonds is 8. The van der Waals surface area contributed by atoms with Crippen LogP contribution in [-0.4, -0.2) is 41.3 Å². The summed E-state index contributed by atoms with van der Waals surface area (Å²) >= 11 is 0. The Hall–Kier alpha value is -3.12. The van der Waals surface area contributed by atoms with Crippen molar-refractivity contribution in [3.8, 4) is 0 Å². The molecule has 1 amide bonds. The maximum absolute atomic E-state index is 12.9. The van der Waals surface area contributed by atoms with Crippen LogP contribution in [0.2, 0.25) is 0 Å². The number of aryl methyl sites for hydroxylation is 2. The first-order chi connectivity index (χ1) is 14.3. The molecule has 0 aliphatic heterocycles. The minimum atomic E-state index is -0.137. The first-order valence-corrected chi connectivity index (χ1v) is 10.0. The number of carbonyl (C=O) groups excluding carboxylic acids is 2. The number of carbonyl (C=O) groups is 2. The molecule has 1 aromatic carbocycles. The molecule has 2 heterocycles. The Morgan fingerprint density at radius 3 is 2.53 bits per heavy atom. The number of nitrogens with zero attached hydrogens (tertiary/aromatic N) is 2. The molecular formula is C24H29N3O3. The van der Waals surface area contributed by atoms with Gasteiger partial charge >= 0.3 is 0 Å². The first-order valence-electron chi connectivity index (χ1n) is 10.0. The number of likely N-dealkylation sites (N-methyl/N-ethyl adjacent to an activating group) is 1. The molecule has 3 rings (SSSR count). The summed E-state index contributed by atoms with van der Waals surface area (Å²) in [6.45, 7) is 8.82. The van der Waals surface area contributed by atoms with E-state index >= 15 is 0 Å². The molecule has 0 spiro atoms. The van der Waals surface area contributed by atoms with Crippen molar-refractivity contribution in [2.45, 2.75) is 34.2 Å². The number of amides is 1. The van der Waals surface area contributed by atoms with Gasteiger partial charge in [-0.2, -0.15) is 0 Å². The van der Waals surface area contributed by atoms with Crippen LogP contribution in [0.25, 0.3) is 0 Å². The smallest absolute Gasteiger partial charge is 0.238 e. The molecule has 0 saturated heterocycles. The maximum atomic E-state index is 12.9. The van der Waals surface area contributed by atoms with Crippen LogP contribution < -0.4 is 5.32 Å². The number of ketones is 1. The van der Waals surface area contributed by atoms with E-state index in [2.05, 4.69) is 9.88 Å². The van der Waals surface area contributed by atoms with Crippen LogP contribution in [0.4, 0.5) is 5.69 Å². The quantitative estimate of drug-likeness (QED) is 0.571. The molecule has 0 aliphatic carbocycles. The normalized spacial score (nSPS) is 11.1. The third-order valence-electron chi connectivity index (χ3n) is 5.47. The van der Waals surface area contributed by atoms with Crippen molar-refractivity contribution >= 4 is 17.4 Å². The number of nitrogens with one attached hydrogen (secondary N) is 1. The minimum absolute atomic E-state index is 0.00386. The second-order valence-electron chi connectivity index (χ2n) is 7.84. The van der Waals surface area contributed by atoms with Gasteiger partial charge in [-0.3, -0.25) is 14.5 Å². The van der Waals surface area contributed by atoms with Gasteiger partial charge < -0.3 is 14.3 Å². The van der Waals surface area contributed by atoms with Gasteiger partial charge in [0.25, 0.3) is 0 Å². The SMILES string of the molecule is Cc1cccc(NC(=O)CN(C)CC(=O)c2cc(C)n(Cc3ccco3)c2C)c1C. The molecule has 2 aromatic heterocycles. The summed E-state index contributed by atoms with van der Waals surface area (Å²) in [6.07, 6.45) is 1.65. The van der Waals surface area contributed by atoms with Gasteiger partial charge in [-0.1, -0.05) is 12.1 Å².